The third-order valence-electron chi connectivity index (χ3n) is 3.31. The Labute approximate surface area is 109 Å². The van der Waals surface area contributed by atoms with Crippen LogP contribution in [0.25, 0.3) is 0 Å². The zero-order valence-electron chi connectivity index (χ0n) is 10.5. The van der Waals surface area contributed by atoms with E-state index in [1.54, 1.807) is 0 Å². The molecule has 1 unspecified atom stereocenters. The zero-order valence-corrected chi connectivity index (χ0v) is 11.2. The molecule has 0 radical (unpaired) electrons. The summed E-state index contributed by atoms with van der Waals surface area (Å²) in [5, 5.41) is 4.48. The maximum atomic E-state index is 6.27. The quantitative estimate of drug-likeness (QED) is 0.888. The standard InChI is InChI=1S/C14H21ClN2/c1-2-6-12-11-17(10-5-9-16-12)14-8-4-3-7-13(14)15/h3-4,7-8,12,16H,2,5-6,9-11H2,1H3. The van der Waals surface area contributed by atoms with Gasteiger partial charge in [0.2, 0.25) is 0 Å². The van der Waals surface area contributed by atoms with Gasteiger partial charge in [0.15, 0.2) is 0 Å². The van der Waals surface area contributed by atoms with Gasteiger partial charge in [0.05, 0.1) is 10.7 Å². The number of halogens is 1. The second kappa shape index (κ2) is 6.27. The number of para-hydroxylation sites is 1. The lowest BCUT2D eigenvalue weighted by Crippen LogP contribution is -2.37. The van der Waals surface area contributed by atoms with Gasteiger partial charge in [-0.3, -0.25) is 0 Å². The summed E-state index contributed by atoms with van der Waals surface area (Å²) in [4.78, 5) is 2.42. The van der Waals surface area contributed by atoms with Crippen molar-refractivity contribution in [1.29, 1.82) is 0 Å². The highest BCUT2D eigenvalue weighted by molar-refractivity contribution is 6.33. The van der Waals surface area contributed by atoms with Gasteiger partial charge in [-0.05, 0) is 31.5 Å². The molecule has 2 nitrogen and oxygen atoms in total. The molecule has 1 aromatic carbocycles. The van der Waals surface area contributed by atoms with Gasteiger partial charge >= 0.3 is 0 Å². The lowest BCUT2D eigenvalue weighted by molar-refractivity contribution is 0.502. The van der Waals surface area contributed by atoms with E-state index in [9.17, 15) is 0 Å². The summed E-state index contributed by atoms with van der Waals surface area (Å²) < 4.78 is 0. The second-order valence-corrected chi connectivity index (χ2v) is 5.10. The molecule has 1 heterocycles. The highest BCUT2D eigenvalue weighted by atomic mass is 35.5. The number of nitrogens with one attached hydrogen (secondary N) is 1. The fourth-order valence-electron chi connectivity index (χ4n) is 2.47. The van der Waals surface area contributed by atoms with E-state index in [0.29, 0.717) is 6.04 Å². The Hall–Kier alpha value is -0.730. The highest BCUT2D eigenvalue weighted by Gasteiger charge is 2.18. The molecule has 1 N–H and O–H groups in total. The topological polar surface area (TPSA) is 15.3 Å². The first-order valence-corrected chi connectivity index (χ1v) is 6.92. The number of benzene rings is 1. The van der Waals surface area contributed by atoms with Crippen LogP contribution in [0, 0.1) is 0 Å². The van der Waals surface area contributed by atoms with E-state index in [2.05, 4.69) is 29.3 Å². The molecule has 0 aliphatic carbocycles. The lowest BCUT2D eigenvalue weighted by Gasteiger charge is -2.27. The molecule has 1 atom stereocenters. The Morgan fingerprint density at radius 2 is 2.24 bits per heavy atom. The maximum Gasteiger partial charge on any atom is 0.0639 e. The van der Waals surface area contributed by atoms with E-state index in [4.69, 9.17) is 11.6 Å². The summed E-state index contributed by atoms with van der Waals surface area (Å²) in [7, 11) is 0. The van der Waals surface area contributed by atoms with Crippen molar-refractivity contribution < 1.29 is 0 Å². The summed E-state index contributed by atoms with van der Waals surface area (Å²) >= 11 is 6.27. The van der Waals surface area contributed by atoms with Crippen molar-refractivity contribution >= 4 is 17.3 Å². The van der Waals surface area contributed by atoms with Crippen LogP contribution < -0.4 is 10.2 Å². The summed E-state index contributed by atoms with van der Waals surface area (Å²) in [6, 6.07) is 8.75. The monoisotopic (exact) mass is 252 g/mol. The average molecular weight is 253 g/mol. The van der Waals surface area contributed by atoms with Crippen LogP contribution >= 0.6 is 11.6 Å². The van der Waals surface area contributed by atoms with Gasteiger partial charge in [0.25, 0.3) is 0 Å². The molecule has 0 bridgehead atoms. The van der Waals surface area contributed by atoms with E-state index in [0.717, 1.165) is 24.7 Å². The Bertz CT molecular complexity index is 354. The van der Waals surface area contributed by atoms with Crippen molar-refractivity contribution in [3.05, 3.63) is 29.3 Å². The van der Waals surface area contributed by atoms with Crippen LogP contribution in [0.4, 0.5) is 5.69 Å². The van der Waals surface area contributed by atoms with E-state index in [1.807, 2.05) is 12.1 Å². The summed E-state index contributed by atoms with van der Waals surface area (Å²) in [5.74, 6) is 0. The number of anilines is 1. The minimum Gasteiger partial charge on any atom is -0.369 e. The normalized spacial score (nSPS) is 21.3. The van der Waals surface area contributed by atoms with E-state index in [-0.39, 0.29) is 0 Å². The minimum atomic E-state index is 0.596. The smallest absolute Gasteiger partial charge is 0.0639 e. The summed E-state index contributed by atoms with van der Waals surface area (Å²) in [5.41, 5.74) is 1.18. The molecule has 1 aliphatic rings. The lowest BCUT2D eigenvalue weighted by atomic mass is 10.1. The van der Waals surface area contributed by atoms with Crippen molar-refractivity contribution in [3.8, 4) is 0 Å². The highest BCUT2D eigenvalue weighted by Crippen LogP contribution is 2.26. The molecule has 0 spiro atoms. The van der Waals surface area contributed by atoms with Crippen molar-refractivity contribution in [2.75, 3.05) is 24.5 Å². The third-order valence-corrected chi connectivity index (χ3v) is 3.63. The minimum absolute atomic E-state index is 0.596. The second-order valence-electron chi connectivity index (χ2n) is 4.69. The molecule has 1 saturated heterocycles. The predicted molar refractivity (Wildman–Crippen MR) is 75.0 cm³/mol. The molecular weight excluding hydrogens is 232 g/mol. The van der Waals surface area contributed by atoms with Gasteiger partial charge in [-0.25, -0.2) is 0 Å². The SMILES string of the molecule is CCCC1CN(c2ccccc2Cl)CCCN1. The van der Waals surface area contributed by atoms with E-state index in [1.165, 1.54) is 24.9 Å². The third kappa shape index (κ3) is 3.36. The number of rotatable bonds is 3. The average Bonchev–Trinajstić information content (AvgIpc) is 2.56. The van der Waals surface area contributed by atoms with Crippen molar-refractivity contribution in [3.63, 3.8) is 0 Å². The Morgan fingerprint density at radius 1 is 1.41 bits per heavy atom. The number of nitrogens with zero attached hydrogens (tertiary/aromatic N) is 1. The van der Waals surface area contributed by atoms with Crippen LogP contribution in [0.1, 0.15) is 26.2 Å². The van der Waals surface area contributed by atoms with Gasteiger partial charge in [-0.1, -0.05) is 37.1 Å². The number of hydrogen-bond acceptors (Lipinski definition) is 2. The fraction of sp³-hybridized carbons (Fsp3) is 0.571. The van der Waals surface area contributed by atoms with Gasteiger partial charge in [-0.2, -0.15) is 0 Å². The predicted octanol–water partition coefficient (Wildman–Crippen LogP) is 3.31. The molecule has 3 heteroatoms. The van der Waals surface area contributed by atoms with E-state index < -0.39 is 0 Å². The molecule has 1 aromatic rings. The van der Waals surface area contributed by atoms with Crippen molar-refractivity contribution in [2.24, 2.45) is 0 Å². The van der Waals surface area contributed by atoms with Crippen molar-refractivity contribution in [2.45, 2.75) is 32.2 Å². The van der Waals surface area contributed by atoms with Crippen LogP contribution in [0.15, 0.2) is 24.3 Å². The largest absolute Gasteiger partial charge is 0.369 e. The summed E-state index contributed by atoms with van der Waals surface area (Å²) in [6.07, 6.45) is 3.65. The first-order chi connectivity index (χ1) is 8.31. The molecule has 94 valence electrons. The van der Waals surface area contributed by atoms with Gasteiger partial charge < -0.3 is 10.2 Å². The Morgan fingerprint density at radius 3 is 3.00 bits per heavy atom. The molecular formula is C14H21ClN2. The van der Waals surface area contributed by atoms with Crippen LogP contribution in [0.5, 0.6) is 0 Å². The van der Waals surface area contributed by atoms with Crippen LogP contribution in [0.2, 0.25) is 5.02 Å². The van der Waals surface area contributed by atoms with Gasteiger partial charge in [0.1, 0.15) is 0 Å². The Balaban J connectivity index is 2.11. The molecule has 2 rings (SSSR count). The molecule has 0 aromatic heterocycles. The first-order valence-electron chi connectivity index (χ1n) is 6.54. The van der Waals surface area contributed by atoms with E-state index >= 15 is 0 Å². The fourth-order valence-corrected chi connectivity index (χ4v) is 2.72. The molecule has 1 aliphatic heterocycles. The maximum absolute atomic E-state index is 6.27. The van der Waals surface area contributed by atoms with Crippen molar-refractivity contribution in [1.82, 2.24) is 5.32 Å². The number of hydrogen-bond donors (Lipinski definition) is 1. The molecule has 0 saturated carbocycles. The molecule has 0 amide bonds. The van der Waals surface area contributed by atoms with Crippen LogP contribution in [0.3, 0.4) is 0 Å². The Kier molecular flexibility index (Phi) is 4.69. The van der Waals surface area contributed by atoms with Crippen LogP contribution in [-0.2, 0) is 0 Å². The van der Waals surface area contributed by atoms with Crippen LogP contribution in [-0.4, -0.2) is 25.7 Å². The molecule has 17 heavy (non-hydrogen) atoms. The first kappa shape index (κ1) is 12.7. The van der Waals surface area contributed by atoms with Gasteiger partial charge in [0, 0.05) is 19.1 Å². The summed E-state index contributed by atoms with van der Waals surface area (Å²) in [6.45, 7) is 5.52. The van der Waals surface area contributed by atoms with Gasteiger partial charge in [-0.15, -0.1) is 0 Å². The molecule has 1 fully saturated rings. The zero-order chi connectivity index (χ0) is 12.1.